The van der Waals surface area contributed by atoms with Crippen molar-refractivity contribution < 1.29 is 42.7 Å². The first-order chi connectivity index (χ1) is 15.2. The molecule has 0 spiro atoms. The zero-order chi connectivity index (χ0) is 23.7. The van der Waals surface area contributed by atoms with Crippen LogP contribution in [-0.4, -0.2) is 70.8 Å². The van der Waals surface area contributed by atoms with Crippen molar-refractivity contribution >= 4 is 12.1 Å². The van der Waals surface area contributed by atoms with Crippen molar-refractivity contribution in [1.82, 2.24) is 0 Å². The first kappa shape index (κ1) is 25.9. The van der Waals surface area contributed by atoms with Crippen molar-refractivity contribution in [3.63, 3.8) is 0 Å². The van der Waals surface area contributed by atoms with E-state index < -0.39 is 29.9 Å². The number of rotatable bonds is 13. The molecule has 0 N–H and O–H groups in total. The molecule has 1 aliphatic rings. The molecule has 9 heteroatoms. The lowest BCUT2D eigenvalue weighted by molar-refractivity contribution is -0.154. The second-order valence-electron chi connectivity index (χ2n) is 8.05. The molecule has 1 heterocycles. The van der Waals surface area contributed by atoms with E-state index in [1.54, 1.807) is 21.1 Å². The zero-order valence-electron chi connectivity index (χ0n) is 19.6. The first-order valence-electron chi connectivity index (χ1n) is 10.6. The van der Waals surface area contributed by atoms with Gasteiger partial charge in [-0.25, -0.2) is 4.79 Å². The van der Waals surface area contributed by atoms with Crippen LogP contribution in [0.4, 0.5) is 4.79 Å². The van der Waals surface area contributed by atoms with Crippen molar-refractivity contribution in [2.75, 3.05) is 40.8 Å². The SMILES string of the molecule is COCCOCO[C@@H]([C@H](C)[C@H]1OC(=O)O[C@]1(C)COC(C)=O)[C@@H](C)c1ccc(OC)cc1. The molecule has 0 radical (unpaired) electrons. The van der Waals surface area contributed by atoms with Gasteiger partial charge >= 0.3 is 12.1 Å². The van der Waals surface area contributed by atoms with E-state index in [4.69, 9.17) is 33.2 Å². The van der Waals surface area contributed by atoms with Gasteiger partial charge in [-0.15, -0.1) is 0 Å². The Balaban J connectivity index is 2.23. The summed E-state index contributed by atoms with van der Waals surface area (Å²) in [7, 11) is 3.21. The highest BCUT2D eigenvalue weighted by Gasteiger charge is 2.53. The fraction of sp³-hybridized carbons (Fsp3) is 0.652. The van der Waals surface area contributed by atoms with Gasteiger partial charge in [0, 0.05) is 25.9 Å². The second-order valence-corrected chi connectivity index (χ2v) is 8.05. The molecule has 0 aromatic heterocycles. The number of hydrogen-bond donors (Lipinski definition) is 0. The quantitative estimate of drug-likeness (QED) is 0.252. The number of ether oxygens (including phenoxy) is 7. The zero-order valence-corrected chi connectivity index (χ0v) is 19.6. The number of carbonyl (C=O) groups is 2. The fourth-order valence-electron chi connectivity index (χ4n) is 3.87. The van der Waals surface area contributed by atoms with E-state index in [9.17, 15) is 9.59 Å². The first-order valence-corrected chi connectivity index (χ1v) is 10.6. The van der Waals surface area contributed by atoms with E-state index in [1.165, 1.54) is 6.92 Å². The van der Waals surface area contributed by atoms with Crippen LogP contribution < -0.4 is 4.74 Å². The van der Waals surface area contributed by atoms with E-state index >= 15 is 0 Å². The Hall–Kier alpha value is -2.36. The molecule has 0 aliphatic carbocycles. The van der Waals surface area contributed by atoms with E-state index in [2.05, 4.69) is 0 Å². The Bertz CT molecular complexity index is 735. The van der Waals surface area contributed by atoms with Crippen LogP contribution >= 0.6 is 0 Å². The van der Waals surface area contributed by atoms with Crippen LogP contribution in [-0.2, 0) is 33.2 Å². The predicted molar refractivity (Wildman–Crippen MR) is 115 cm³/mol. The van der Waals surface area contributed by atoms with E-state index in [0.29, 0.717) is 13.2 Å². The minimum absolute atomic E-state index is 0.0427. The molecular weight excluding hydrogens is 420 g/mol. The third-order valence-electron chi connectivity index (χ3n) is 5.61. The van der Waals surface area contributed by atoms with Gasteiger partial charge in [-0.1, -0.05) is 26.0 Å². The molecule has 1 fully saturated rings. The molecule has 1 saturated heterocycles. The topological polar surface area (TPSA) is 98.8 Å². The lowest BCUT2D eigenvalue weighted by Gasteiger charge is -2.36. The van der Waals surface area contributed by atoms with Gasteiger partial charge in [-0.2, -0.15) is 0 Å². The van der Waals surface area contributed by atoms with Gasteiger partial charge in [-0.3, -0.25) is 4.79 Å². The normalized spacial score (nSPS) is 23.1. The molecule has 1 aliphatic heterocycles. The molecule has 2 rings (SSSR count). The van der Waals surface area contributed by atoms with Gasteiger partial charge < -0.3 is 33.2 Å². The standard InChI is InChI=1S/C23H34O9/c1-15(18-7-9-19(27-6)10-8-18)20(30-14-28-12-11-26-5)16(2)21-23(4,13-29-17(3)24)32-22(25)31-21/h7-10,15-16,20-21H,11-14H2,1-6H3/t15-,16-,20+,21+,23+/m0/s1. The average molecular weight is 455 g/mol. The highest BCUT2D eigenvalue weighted by atomic mass is 16.8. The van der Waals surface area contributed by atoms with Crippen LogP contribution in [0.15, 0.2) is 24.3 Å². The van der Waals surface area contributed by atoms with Gasteiger partial charge in [0.1, 0.15) is 19.1 Å². The number of carbonyl (C=O) groups excluding carboxylic acids is 2. The van der Waals surface area contributed by atoms with E-state index in [1.807, 2.05) is 38.1 Å². The van der Waals surface area contributed by atoms with Gasteiger partial charge in [0.2, 0.25) is 0 Å². The molecular formula is C23H34O9. The van der Waals surface area contributed by atoms with Crippen molar-refractivity contribution in [3.05, 3.63) is 29.8 Å². The third-order valence-corrected chi connectivity index (χ3v) is 5.61. The number of methoxy groups -OCH3 is 2. The third kappa shape index (κ3) is 6.82. The maximum Gasteiger partial charge on any atom is 0.509 e. The van der Waals surface area contributed by atoms with E-state index in [0.717, 1.165) is 11.3 Å². The highest BCUT2D eigenvalue weighted by Crippen LogP contribution is 2.38. The van der Waals surface area contributed by atoms with E-state index in [-0.39, 0.29) is 25.2 Å². The molecule has 32 heavy (non-hydrogen) atoms. The van der Waals surface area contributed by atoms with Gasteiger partial charge in [-0.05, 0) is 24.6 Å². The van der Waals surface area contributed by atoms with Crippen LogP contribution in [0.1, 0.15) is 39.2 Å². The average Bonchev–Trinajstić information content (AvgIpc) is 3.08. The van der Waals surface area contributed by atoms with Gasteiger partial charge in [0.05, 0.1) is 26.4 Å². The summed E-state index contributed by atoms with van der Waals surface area (Å²) in [6, 6.07) is 7.69. The minimum atomic E-state index is -1.14. The summed E-state index contributed by atoms with van der Waals surface area (Å²) in [5, 5.41) is 0. The van der Waals surface area contributed by atoms with Crippen molar-refractivity contribution in [2.45, 2.75) is 51.4 Å². The van der Waals surface area contributed by atoms with Gasteiger partial charge in [0.15, 0.2) is 11.7 Å². The Labute approximate surface area is 189 Å². The Morgan fingerprint density at radius 3 is 2.44 bits per heavy atom. The van der Waals surface area contributed by atoms with Crippen LogP contribution in [0, 0.1) is 5.92 Å². The maximum atomic E-state index is 12.0. The molecule has 0 saturated carbocycles. The van der Waals surface area contributed by atoms with Crippen molar-refractivity contribution in [2.24, 2.45) is 5.92 Å². The number of esters is 1. The summed E-state index contributed by atoms with van der Waals surface area (Å²) in [5.41, 5.74) is -0.119. The Kier molecular flexibility index (Phi) is 9.74. The second kappa shape index (κ2) is 12.0. The summed E-state index contributed by atoms with van der Waals surface area (Å²) in [4.78, 5) is 23.3. The Morgan fingerprint density at radius 1 is 1.16 bits per heavy atom. The number of hydrogen-bond acceptors (Lipinski definition) is 9. The molecule has 1 aromatic rings. The van der Waals surface area contributed by atoms with Crippen molar-refractivity contribution in [1.29, 1.82) is 0 Å². The van der Waals surface area contributed by atoms with Crippen LogP contribution in [0.5, 0.6) is 5.75 Å². The van der Waals surface area contributed by atoms with Crippen LogP contribution in [0.25, 0.3) is 0 Å². The summed E-state index contributed by atoms with van der Waals surface area (Å²) in [6.07, 6.45) is -1.90. The monoisotopic (exact) mass is 454 g/mol. The molecule has 1 aromatic carbocycles. The fourth-order valence-corrected chi connectivity index (χ4v) is 3.87. The molecule has 5 atom stereocenters. The molecule has 0 unspecified atom stereocenters. The highest BCUT2D eigenvalue weighted by molar-refractivity contribution is 5.66. The van der Waals surface area contributed by atoms with Crippen LogP contribution in [0.2, 0.25) is 0 Å². The summed E-state index contributed by atoms with van der Waals surface area (Å²) in [5.74, 6) is -0.114. The molecule has 180 valence electrons. The maximum absolute atomic E-state index is 12.0. The molecule has 0 amide bonds. The number of cyclic esters (lactones) is 2. The van der Waals surface area contributed by atoms with Crippen LogP contribution in [0.3, 0.4) is 0 Å². The summed E-state index contributed by atoms with van der Waals surface area (Å²) >= 11 is 0. The van der Waals surface area contributed by atoms with Gasteiger partial charge in [0.25, 0.3) is 0 Å². The smallest absolute Gasteiger partial charge is 0.497 e. The Morgan fingerprint density at radius 2 is 1.84 bits per heavy atom. The summed E-state index contributed by atoms with van der Waals surface area (Å²) in [6.45, 7) is 7.70. The summed E-state index contributed by atoms with van der Waals surface area (Å²) < 4.78 is 37.9. The molecule has 0 bridgehead atoms. The minimum Gasteiger partial charge on any atom is -0.497 e. The predicted octanol–water partition coefficient (Wildman–Crippen LogP) is 3.30. The lowest BCUT2D eigenvalue weighted by Crippen LogP contribution is -2.49. The largest absolute Gasteiger partial charge is 0.509 e. The number of benzene rings is 1. The molecule has 9 nitrogen and oxygen atoms in total. The van der Waals surface area contributed by atoms with Crippen molar-refractivity contribution in [3.8, 4) is 5.75 Å². The lowest BCUT2D eigenvalue weighted by atomic mass is 9.80.